The van der Waals surface area contributed by atoms with Gasteiger partial charge < -0.3 is 20.3 Å². The van der Waals surface area contributed by atoms with Crippen LogP contribution in [0.15, 0.2) is 24.3 Å². The smallest absolute Gasteiger partial charge is 0.305 e. The van der Waals surface area contributed by atoms with Crippen LogP contribution in [-0.2, 0) is 14.3 Å². The normalized spacial score (nSPS) is 12.8. The Balaban J connectivity index is 3.54. The highest BCUT2D eigenvalue weighted by Crippen LogP contribution is 2.16. The van der Waals surface area contributed by atoms with E-state index in [2.05, 4.69) is 31.3 Å². The van der Waals surface area contributed by atoms with Gasteiger partial charge in [0.1, 0.15) is 0 Å². The Morgan fingerprint density at radius 2 is 0.810 bits per heavy atom. The first-order valence-corrected chi connectivity index (χ1v) is 25.6. The number of unbranched alkanes of at least 4 members (excludes halogenated alkanes) is 34. The molecule has 2 unspecified atom stereocenters. The number of hydrogen-bond donors (Lipinski definition) is 3. The predicted molar refractivity (Wildman–Crippen MR) is 250 cm³/mol. The Bertz CT molecular complexity index is 904. The molecule has 0 aromatic carbocycles. The molecule has 2 atom stereocenters. The van der Waals surface area contributed by atoms with E-state index in [0.29, 0.717) is 19.4 Å². The van der Waals surface area contributed by atoms with Crippen LogP contribution < -0.4 is 5.32 Å². The summed E-state index contributed by atoms with van der Waals surface area (Å²) in [7, 11) is 0. The fourth-order valence-corrected chi connectivity index (χ4v) is 7.74. The molecule has 0 saturated heterocycles. The van der Waals surface area contributed by atoms with E-state index >= 15 is 0 Å². The lowest BCUT2D eigenvalue weighted by Gasteiger charge is -2.20. The number of amides is 1. The van der Waals surface area contributed by atoms with Crippen LogP contribution in [0.25, 0.3) is 0 Å². The second kappa shape index (κ2) is 48.0. The third-order valence-corrected chi connectivity index (χ3v) is 11.7. The van der Waals surface area contributed by atoms with Crippen LogP contribution in [0.3, 0.4) is 0 Å². The summed E-state index contributed by atoms with van der Waals surface area (Å²) in [6, 6.07) is -0.647. The van der Waals surface area contributed by atoms with Crippen molar-refractivity contribution >= 4 is 11.9 Å². The van der Waals surface area contributed by atoms with Crippen molar-refractivity contribution in [1.82, 2.24) is 5.32 Å². The van der Waals surface area contributed by atoms with Crippen LogP contribution >= 0.6 is 0 Å². The highest BCUT2D eigenvalue weighted by atomic mass is 16.5. The van der Waals surface area contributed by atoms with Gasteiger partial charge in [-0.05, 0) is 57.8 Å². The van der Waals surface area contributed by atoms with E-state index in [4.69, 9.17) is 4.74 Å². The minimum absolute atomic E-state index is 0.0304. The number of carbonyl (C=O) groups is 2. The summed E-state index contributed by atoms with van der Waals surface area (Å²) in [5, 5.41) is 23.0. The van der Waals surface area contributed by atoms with Gasteiger partial charge in [-0.25, -0.2) is 0 Å². The zero-order valence-electron chi connectivity index (χ0n) is 38.8. The Morgan fingerprint density at radius 1 is 0.466 bits per heavy atom. The summed E-state index contributed by atoms with van der Waals surface area (Å²) in [5.74, 6) is -0.127. The summed E-state index contributed by atoms with van der Waals surface area (Å²) in [4.78, 5) is 24.4. The molecule has 0 saturated carbocycles. The lowest BCUT2D eigenvalue weighted by atomic mass is 10.0. The number of allylic oxidation sites excluding steroid dienone is 3. The molecule has 6 nitrogen and oxygen atoms in total. The average molecular weight is 818 g/mol. The van der Waals surface area contributed by atoms with Gasteiger partial charge >= 0.3 is 5.97 Å². The molecular formula is C52H99NO5. The molecule has 0 aromatic heterocycles. The first kappa shape index (κ1) is 56.3. The molecule has 0 aliphatic carbocycles. The van der Waals surface area contributed by atoms with Gasteiger partial charge in [-0.2, -0.15) is 0 Å². The molecule has 0 aromatic rings. The zero-order valence-corrected chi connectivity index (χ0v) is 38.8. The van der Waals surface area contributed by atoms with E-state index in [-0.39, 0.29) is 18.5 Å². The summed E-state index contributed by atoms with van der Waals surface area (Å²) < 4.78 is 5.44. The number of aliphatic hydroxyl groups excluding tert-OH is 2. The Labute approximate surface area is 361 Å². The summed E-state index contributed by atoms with van der Waals surface area (Å²) in [5.41, 5.74) is 0. The summed E-state index contributed by atoms with van der Waals surface area (Å²) in [6.45, 7) is 4.83. The van der Waals surface area contributed by atoms with Gasteiger partial charge in [0.2, 0.25) is 5.91 Å². The van der Waals surface area contributed by atoms with Crippen molar-refractivity contribution < 1.29 is 24.5 Å². The van der Waals surface area contributed by atoms with Crippen molar-refractivity contribution in [2.75, 3.05) is 13.2 Å². The molecule has 0 radical (unpaired) electrons. The maximum Gasteiger partial charge on any atom is 0.305 e. The molecular weight excluding hydrogens is 719 g/mol. The molecule has 3 N–H and O–H groups in total. The maximum absolute atomic E-state index is 12.4. The Morgan fingerprint density at radius 3 is 1.22 bits per heavy atom. The zero-order chi connectivity index (χ0) is 42.3. The molecule has 0 fully saturated rings. The van der Waals surface area contributed by atoms with Crippen molar-refractivity contribution in [2.45, 2.75) is 283 Å². The standard InChI is InChI=1S/C52H99NO5/c1-3-5-7-9-11-13-15-17-19-21-24-28-32-36-40-44-50(55)49(48-54)53-51(56)45-41-37-33-29-25-23-27-31-35-39-43-47-58-52(57)46-42-38-34-30-26-22-20-18-16-14-12-10-8-6-4-2/h27,31,40,44,49-50,54-55H,3-26,28-30,32-39,41-43,45-48H2,1-2H3,(H,53,56)/b31-27-,44-40+. The molecule has 0 rings (SSSR count). The number of nitrogens with one attached hydrogen (secondary N) is 1. The molecule has 0 spiro atoms. The van der Waals surface area contributed by atoms with Gasteiger partial charge in [0.15, 0.2) is 0 Å². The Kier molecular flexibility index (Phi) is 46.6. The highest BCUT2D eigenvalue weighted by molar-refractivity contribution is 5.76. The highest BCUT2D eigenvalue weighted by Gasteiger charge is 2.18. The van der Waals surface area contributed by atoms with E-state index < -0.39 is 12.1 Å². The van der Waals surface area contributed by atoms with Gasteiger partial charge in [0.05, 0.1) is 25.4 Å². The number of rotatable bonds is 47. The van der Waals surface area contributed by atoms with Crippen LogP contribution in [0, 0.1) is 0 Å². The van der Waals surface area contributed by atoms with E-state index in [1.165, 1.54) is 161 Å². The van der Waals surface area contributed by atoms with Crippen molar-refractivity contribution in [3.05, 3.63) is 24.3 Å². The largest absolute Gasteiger partial charge is 0.466 e. The molecule has 58 heavy (non-hydrogen) atoms. The molecule has 0 aliphatic rings. The monoisotopic (exact) mass is 818 g/mol. The van der Waals surface area contributed by atoms with E-state index in [1.807, 2.05) is 6.08 Å². The summed E-state index contributed by atoms with van der Waals surface area (Å²) in [6.07, 6.45) is 56.0. The third-order valence-electron chi connectivity index (χ3n) is 11.7. The van der Waals surface area contributed by atoms with Crippen molar-refractivity contribution in [3.63, 3.8) is 0 Å². The van der Waals surface area contributed by atoms with Crippen LogP contribution in [0.4, 0.5) is 0 Å². The van der Waals surface area contributed by atoms with Gasteiger partial charge in [-0.1, -0.05) is 224 Å². The lowest BCUT2D eigenvalue weighted by Crippen LogP contribution is -2.45. The molecule has 1 amide bonds. The fourth-order valence-electron chi connectivity index (χ4n) is 7.74. The maximum atomic E-state index is 12.4. The molecule has 0 heterocycles. The van der Waals surface area contributed by atoms with Crippen LogP contribution in [0.1, 0.15) is 271 Å². The van der Waals surface area contributed by atoms with E-state index in [9.17, 15) is 19.8 Å². The molecule has 0 aliphatic heterocycles. The second-order valence-corrected chi connectivity index (χ2v) is 17.5. The van der Waals surface area contributed by atoms with Crippen LogP contribution in [0.5, 0.6) is 0 Å². The third kappa shape index (κ3) is 43.9. The van der Waals surface area contributed by atoms with Crippen LogP contribution in [0.2, 0.25) is 0 Å². The number of ether oxygens (including phenoxy) is 1. The lowest BCUT2D eigenvalue weighted by molar-refractivity contribution is -0.143. The fraction of sp³-hybridized carbons (Fsp3) is 0.885. The van der Waals surface area contributed by atoms with Crippen molar-refractivity contribution in [3.8, 4) is 0 Å². The molecule has 6 heteroatoms. The minimum atomic E-state index is -0.861. The summed E-state index contributed by atoms with van der Waals surface area (Å²) >= 11 is 0. The SMILES string of the molecule is CCCCCCCCCCCCCCC/C=C/C(O)C(CO)NC(=O)CCCCCCC/C=C\CCCCOC(=O)CCCCCCCCCCCCCCCCC. The van der Waals surface area contributed by atoms with Gasteiger partial charge in [-0.15, -0.1) is 0 Å². The number of esters is 1. The van der Waals surface area contributed by atoms with E-state index in [1.54, 1.807) is 6.08 Å². The second-order valence-electron chi connectivity index (χ2n) is 17.5. The topological polar surface area (TPSA) is 95.9 Å². The van der Waals surface area contributed by atoms with Crippen LogP contribution in [-0.4, -0.2) is 47.4 Å². The van der Waals surface area contributed by atoms with Crippen molar-refractivity contribution in [2.24, 2.45) is 0 Å². The molecule has 0 bridgehead atoms. The Hall–Kier alpha value is -1.66. The van der Waals surface area contributed by atoms with E-state index in [0.717, 1.165) is 83.5 Å². The van der Waals surface area contributed by atoms with Gasteiger partial charge in [0, 0.05) is 12.8 Å². The quantitative estimate of drug-likeness (QED) is 0.0323. The number of hydrogen-bond acceptors (Lipinski definition) is 5. The molecule has 342 valence electrons. The number of carbonyl (C=O) groups excluding carboxylic acids is 2. The predicted octanol–water partition coefficient (Wildman–Crippen LogP) is 15.1. The van der Waals surface area contributed by atoms with Gasteiger partial charge in [-0.3, -0.25) is 9.59 Å². The number of aliphatic hydroxyl groups is 2. The minimum Gasteiger partial charge on any atom is -0.466 e. The van der Waals surface area contributed by atoms with Gasteiger partial charge in [0.25, 0.3) is 0 Å². The first-order valence-electron chi connectivity index (χ1n) is 25.6. The average Bonchev–Trinajstić information content (AvgIpc) is 3.22. The van der Waals surface area contributed by atoms with Crippen molar-refractivity contribution in [1.29, 1.82) is 0 Å². The first-order chi connectivity index (χ1) is 28.5.